The Hall–Kier alpha value is -0.610. The minimum Gasteiger partial charge on any atom is -0.393 e. The van der Waals surface area contributed by atoms with Gasteiger partial charge in [-0.1, -0.05) is 12.8 Å². The molecule has 1 aliphatic heterocycles. The van der Waals surface area contributed by atoms with Crippen LogP contribution in [0.1, 0.15) is 51.4 Å². The quantitative estimate of drug-likeness (QED) is 0.787. The van der Waals surface area contributed by atoms with E-state index in [1.807, 2.05) is 4.90 Å². The fourth-order valence-electron chi connectivity index (χ4n) is 4.40. The van der Waals surface area contributed by atoms with Gasteiger partial charge in [0.15, 0.2) is 0 Å². The van der Waals surface area contributed by atoms with Crippen molar-refractivity contribution in [3.05, 3.63) is 0 Å². The smallest absolute Gasteiger partial charge is 0.248 e. The maximum absolute atomic E-state index is 12.3. The van der Waals surface area contributed by atoms with E-state index in [1.165, 1.54) is 25.7 Å². The second-order valence-electron chi connectivity index (χ2n) is 6.51. The van der Waals surface area contributed by atoms with Crippen molar-refractivity contribution < 1.29 is 14.6 Å². The van der Waals surface area contributed by atoms with Crippen LogP contribution in [0.2, 0.25) is 0 Å². The summed E-state index contributed by atoms with van der Waals surface area (Å²) in [5.41, 5.74) is 0.291. The number of nitrogens with zero attached hydrogens (tertiary/aromatic N) is 1. The Labute approximate surface area is 115 Å². The molecule has 4 heteroatoms. The van der Waals surface area contributed by atoms with Gasteiger partial charge in [-0.2, -0.15) is 0 Å². The first-order valence-corrected chi connectivity index (χ1v) is 7.77. The Bertz CT molecular complexity index is 338. The number of aliphatic hydroxyl groups excluding tert-OH is 1. The molecule has 1 N–H and O–H groups in total. The summed E-state index contributed by atoms with van der Waals surface area (Å²) >= 11 is 0. The molecule has 1 saturated heterocycles. The molecule has 2 unspecified atom stereocenters. The highest BCUT2D eigenvalue weighted by molar-refractivity contribution is 5.78. The summed E-state index contributed by atoms with van der Waals surface area (Å²) in [6, 6.07) is 0.243. The van der Waals surface area contributed by atoms with Gasteiger partial charge in [0.1, 0.15) is 6.61 Å². The minimum atomic E-state index is -0.229. The number of hydrogen-bond donors (Lipinski definition) is 1. The SMILES string of the molecule is O=C1COCCCN1C1CC(O)CCC12CCCC2. The highest BCUT2D eigenvalue weighted by atomic mass is 16.5. The second-order valence-corrected chi connectivity index (χ2v) is 6.51. The van der Waals surface area contributed by atoms with Crippen molar-refractivity contribution in [2.45, 2.75) is 63.5 Å². The van der Waals surface area contributed by atoms with Gasteiger partial charge < -0.3 is 14.7 Å². The molecular formula is C15H25NO3. The normalized spacial score (nSPS) is 35.6. The molecule has 0 bridgehead atoms. The second kappa shape index (κ2) is 5.41. The van der Waals surface area contributed by atoms with Crippen LogP contribution in [0.4, 0.5) is 0 Å². The first-order valence-electron chi connectivity index (χ1n) is 7.77. The van der Waals surface area contributed by atoms with Gasteiger partial charge in [0.05, 0.1) is 6.10 Å². The van der Waals surface area contributed by atoms with Crippen molar-refractivity contribution in [2.24, 2.45) is 5.41 Å². The summed E-state index contributed by atoms with van der Waals surface area (Å²) in [5, 5.41) is 10.0. The van der Waals surface area contributed by atoms with E-state index in [0.717, 1.165) is 32.2 Å². The number of ether oxygens (including phenoxy) is 1. The van der Waals surface area contributed by atoms with Crippen molar-refractivity contribution >= 4 is 5.91 Å². The van der Waals surface area contributed by atoms with Gasteiger partial charge in [-0.15, -0.1) is 0 Å². The van der Waals surface area contributed by atoms with Crippen LogP contribution in [-0.2, 0) is 9.53 Å². The molecule has 2 atom stereocenters. The van der Waals surface area contributed by atoms with E-state index < -0.39 is 0 Å². The Balaban J connectivity index is 1.83. The molecule has 0 aromatic carbocycles. The number of hydrogen-bond acceptors (Lipinski definition) is 3. The maximum Gasteiger partial charge on any atom is 0.248 e. The lowest BCUT2D eigenvalue weighted by Crippen LogP contribution is -2.54. The van der Waals surface area contributed by atoms with Gasteiger partial charge in [-0.05, 0) is 43.9 Å². The monoisotopic (exact) mass is 267 g/mol. The van der Waals surface area contributed by atoms with E-state index in [1.54, 1.807) is 0 Å². The molecule has 1 amide bonds. The van der Waals surface area contributed by atoms with Crippen molar-refractivity contribution in [3.63, 3.8) is 0 Å². The lowest BCUT2D eigenvalue weighted by Gasteiger charge is -2.48. The lowest BCUT2D eigenvalue weighted by molar-refractivity contribution is -0.142. The predicted octanol–water partition coefficient (Wildman–Crippen LogP) is 1.71. The van der Waals surface area contributed by atoms with E-state index in [-0.39, 0.29) is 24.7 Å². The zero-order valence-electron chi connectivity index (χ0n) is 11.6. The summed E-state index contributed by atoms with van der Waals surface area (Å²) in [5.74, 6) is 0.128. The van der Waals surface area contributed by atoms with Crippen LogP contribution in [0.15, 0.2) is 0 Å². The largest absolute Gasteiger partial charge is 0.393 e. The van der Waals surface area contributed by atoms with Crippen molar-refractivity contribution in [1.29, 1.82) is 0 Å². The highest BCUT2D eigenvalue weighted by Crippen LogP contribution is 2.51. The standard InChI is InChI=1S/C15H25NO3/c17-12-4-7-15(5-1-2-6-15)13(10-12)16-8-3-9-19-11-14(16)18/h12-13,17H,1-11H2. The fraction of sp³-hybridized carbons (Fsp3) is 0.933. The molecule has 0 aromatic heterocycles. The Kier molecular flexibility index (Phi) is 3.81. The summed E-state index contributed by atoms with van der Waals surface area (Å²) in [6.07, 6.45) is 8.49. The van der Waals surface area contributed by atoms with Crippen LogP contribution in [0.25, 0.3) is 0 Å². The molecule has 19 heavy (non-hydrogen) atoms. The summed E-state index contributed by atoms with van der Waals surface area (Å²) in [7, 11) is 0. The zero-order chi connectivity index (χ0) is 13.3. The molecular weight excluding hydrogens is 242 g/mol. The lowest BCUT2D eigenvalue weighted by atomic mass is 9.67. The Morgan fingerprint density at radius 2 is 2.00 bits per heavy atom. The average molecular weight is 267 g/mol. The van der Waals surface area contributed by atoms with Gasteiger partial charge in [0, 0.05) is 19.2 Å². The molecule has 3 fully saturated rings. The zero-order valence-corrected chi connectivity index (χ0v) is 11.6. The van der Waals surface area contributed by atoms with Crippen LogP contribution in [-0.4, -0.2) is 47.8 Å². The van der Waals surface area contributed by atoms with Crippen LogP contribution < -0.4 is 0 Å². The van der Waals surface area contributed by atoms with Gasteiger partial charge in [0.25, 0.3) is 0 Å². The number of carbonyl (C=O) groups excluding carboxylic acids is 1. The predicted molar refractivity (Wildman–Crippen MR) is 71.7 cm³/mol. The number of rotatable bonds is 1. The third-order valence-electron chi connectivity index (χ3n) is 5.39. The molecule has 3 rings (SSSR count). The number of amides is 1. The molecule has 0 aromatic rings. The first kappa shape index (κ1) is 13.4. The van der Waals surface area contributed by atoms with Crippen molar-refractivity contribution in [2.75, 3.05) is 19.8 Å². The molecule has 2 saturated carbocycles. The molecule has 0 radical (unpaired) electrons. The Morgan fingerprint density at radius 3 is 2.79 bits per heavy atom. The number of carbonyl (C=O) groups is 1. The maximum atomic E-state index is 12.3. The Morgan fingerprint density at radius 1 is 1.21 bits per heavy atom. The first-order chi connectivity index (χ1) is 9.21. The molecule has 3 aliphatic rings. The summed E-state index contributed by atoms with van der Waals surface area (Å²) < 4.78 is 5.35. The summed E-state index contributed by atoms with van der Waals surface area (Å²) in [6.45, 7) is 1.71. The van der Waals surface area contributed by atoms with Gasteiger partial charge in [-0.3, -0.25) is 4.79 Å². The van der Waals surface area contributed by atoms with Gasteiger partial charge in [0.2, 0.25) is 5.91 Å². The molecule has 108 valence electrons. The van der Waals surface area contributed by atoms with Crippen LogP contribution in [0.3, 0.4) is 0 Å². The van der Waals surface area contributed by atoms with E-state index in [4.69, 9.17) is 4.74 Å². The van der Waals surface area contributed by atoms with Crippen LogP contribution in [0, 0.1) is 5.41 Å². The van der Waals surface area contributed by atoms with Crippen molar-refractivity contribution in [3.8, 4) is 0 Å². The third kappa shape index (κ3) is 2.52. The fourth-order valence-corrected chi connectivity index (χ4v) is 4.40. The van der Waals surface area contributed by atoms with E-state index in [9.17, 15) is 9.90 Å². The van der Waals surface area contributed by atoms with E-state index in [0.29, 0.717) is 12.0 Å². The van der Waals surface area contributed by atoms with E-state index in [2.05, 4.69) is 0 Å². The topological polar surface area (TPSA) is 49.8 Å². The van der Waals surface area contributed by atoms with Crippen LogP contribution in [0.5, 0.6) is 0 Å². The van der Waals surface area contributed by atoms with Gasteiger partial charge >= 0.3 is 0 Å². The van der Waals surface area contributed by atoms with Crippen molar-refractivity contribution in [1.82, 2.24) is 4.90 Å². The molecule has 1 heterocycles. The molecule has 2 aliphatic carbocycles. The average Bonchev–Trinajstić information content (AvgIpc) is 2.77. The minimum absolute atomic E-state index is 0.128. The van der Waals surface area contributed by atoms with E-state index >= 15 is 0 Å². The summed E-state index contributed by atoms with van der Waals surface area (Å²) in [4.78, 5) is 14.3. The molecule has 1 spiro atoms. The van der Waals surface area contributed by atoms with Crippen LogP contribution >= 0.6 is 0 Å². The van der Waals surface area contributed by atoms with Gasteiger partial charge in [-0.25, -0.2) is 0 Å². The third-order valence-corrected chi connectivity index (χ3v) is 5.39. The molecule has 4 nitrogen and oxygen atoms in total. The number of aliphatic hydroxyl groups is 1. The highest BCUT2D eigenvalue weighted by Gasteiger charge is 2.48.